The predicted octanol–water partition coefficient (Wildman–Crippen LogP) is 3.69. The zero-order valence-electron chi connectivity index (χ0n) is 13.9. The van der Waals surface area contributed by atoms with Gasteiger partial charge in [-0.25, -0.2) is 0 Å². The number of halogens is 2. The molecule has 1 aliphatic rings. The summed E-state index contributed by atoms with van der Waals surface area (Å²) in [4.78, 5) is 34.8. The van der Waals surface area contributed by atoms with Crippen molar-refractivity contribution in [2.75, 3.05) is 5.01 Å². The first-order chi connectivity index (χ1) is 12.8. The van der Waals surface area contributed by atoms with Crippen LogP contribution in [0.3, 0.4) is 0 Å². The number of nitro groups is 1. The Labute approximate surface area is 163 Å². The Morgan fingerprint density at radius 3 is 2.70 bits per heavy atom. The van der Waals surface area contributed by atoms with Crippen molar-refractivity contribution in [2.24, 2.45) is 5.10 Å². The minimum atomic E-state index is -0.611. The molecule has 1 aliphatic heterocycles. The van der Waals surface area contributed by atoms with Gasteiger partial charge in [-0.2, -0.15) is 10.1 Å². The highest BCUT2D eigenvalue weighted by Crippen LogP contribution is 2.36. The van der Waals surface area contributed by atoms with E-state index in [1.54, 1.807) is 19.1 Å². The molecule has 3 rings (SSSR count). The molecule has 0 aromatic heterocycles. The van der Waals surface area contributed by atoms with E-state index in [0.717, 1.165) is 16.6 Å². The average Bonchev–Trinajstić information content (AvgIpc) is 3.00. The minimum Gasteiger partial charge on any atom is -0.308 e. The summed E-state index contributed by atoms with van der Waals surface area (Å²) in [7, 11) is 0. The van der Waals surface area contributed by atoms with E-state index in [1.165, 1.54) is 18.2 Å². The maximum atomic E-state index is 12.3. The molecule has 0 spiro atoms. The van der Waals surface area contributed by atoms with Crippen LogP contribution in [0.4, 0.5) is 11.4 Å². The molecule has 8 nitrogen and oxygen atoms in total. The van der Waals surface area contributed by atoms with Gasteiger partial charge in [-0.1, -0.05) is 35.3 Å². The highest BCUT2D eigenvalue weighted by Gasteiger charge is 2.29. The third-order valence-corrected chi connectivity index (χ3v) is 4.80. The highest BCUT2D eigenvalue weighted by molar-refractivity contribution is 6.44. The Hall–Kier alpha value is -2.97. The van der Waals surface area contributed by atoms with E-state index in [0.29, 0.717) is 10.7 Å². The van der Waals surface area contributed by atoms with E-state index in [9.17, 15) is 19.7 Å². The summed E-state index contributed by atoms with van der Waals surface area (Å²) in [6, 6.07) is 8.55. The van der Waals surface area contributed by atoms with Crippen molar-refractivity contribution in [1.29, 1.82) is 0 Å². The molecule has 2 aromatic rings. The normalized spacial score (nSPS) is 13.5. The smallest absolute Gasteiger partial charge is 0.270 e. The van der Waals surface area contributed by atoms with Crippen LogP contribution in [-0.2, 0) is 4.79 Å². The molecule has 0 bridgehead atoms. The molecule has 138 valence electrons. The quantitative estimate of drug-likeness (QED) is 0.619. The summed E-state index contributed by atoms with van der Waals surface area (Å²) in [5.41, 5.74) is 0.918. The second-order valence-electron chi connectivity index (χ2n) is 5.72. The zero-order chi connectivity index (χ0) is 19.7. The van der Waals surface area contributed by atoms with E-state index in [4.69, 9.17) is 23.2 Å². The van der Waals surface area contributed by atoms with Crippen LogP contribution >= 0.6 is 23.2 Å². The van der Waals surface area contributed by atoms with Gasteiger partial charge in [0.25, 0.3) is 17.5 Å². The fourth-order valence-corrected chi connectivity index (χ4v) is 2.90. The van der Waals surface area contributed by atoms with Crippen molar-refractivity contribution < 1.29 is 14.5 Å². The topological polar surface area (TPSA) is 105 Å². The number of aryl methyl sites for hydroxylation is 1. The second-order valence-corrected chi connectivity index (χ2v) is 6.48. The molecule has 0 unspecified atom stereocenters. The second kappa shape index (κ2) is 7.34. The number of hydrazone groups is 1. The molecular formula is C17H12Cl2N4O4. The average molecular weight is 407 g/mol. The van der Waals surface area contributed by atoms with Gasteiger partial charge in [0.05, 0.1) is 27.1 Å². The van der Waals surface area contributed by atoms with Crippen molar-refractivity contribution in [3.63, 3.8) is 0 Å². The molecule has 0 aliphatic carbocycles. The lowest BCUT2D eigenvalue weighted by molar-refractivity contribution is -0.384. The molecule has 10 heteroatoms. The number of anilines is 1. The summed E-state index contributed by atoms with van der Waals surface area (Å²) < 4.78 is 0. The molecule has 27 heavy (non-hydrogen) atoms. The van der Waals surface area contributed by atoms with Crippen molar-refractivity contribution in [3.05, 3.63) is 67.7 Å². The largest absolute Gasteiger partial charge is 0.308 e. The Morgan fingerprint density at radius 2 is 2.00 bits per heavy atom. The zero-order valence-corrected chi connectivity index (χ0v) is 15.4. The summed E-state index contributed by atoms with van der Waals surface area (Å²) >= 11 is 12.3. The molecular weight excluding hydrogens is 395 g/mol. The predicted molar refractivity (Wildman–Crippen MR) is 101 cm³/mol. The number of rotatable bonds is 3. The molecule has 2 aromatic carbocycles. The number of non-ortho nitro benzene ring substituents is 1. The van der Waals surface area contributed by atoms with Gasteiger partial charge in [0.2, 0.25) is 0 Å². The Bertz CT molecular complexity index is 1010. The van der Waals surface area contributed by atoms with Gasteiger partial charge in [-0.15, -0.1) is 0 Å². The number of amides is 2. The van der Waals surface area contributed by atoms with Gasteiger partial charge in [0, 0.05) is 17.7 Å². The number of carbonyl (C=O) groups is 2. The van der Waals surface area contributed by atoms with Crippen LogP contribution in [-0.4, -0.2) is 22.6 Å². The fraction of sp³-hybridized carbons (Fsp3) is 0.118. The lowest BCUT2D eigenvalue weighted by Gasteiger charge is -2.14. The van der Waals surface area contributed by atoms with Gasteiger partial charge in [-0.3, -0.25) is 19.7 Å². The third-order valence-electron chi connectivity index (χ3n) is 3.84. The van der Waals surface area contributed by atoms with E-state index < -0.39 is 16.7 Å². The fourth-order valence-electron chi connectivity index (χ4n) is 2.45. The number of hydrogen-bond acceptors (Lipinski definition) is 5. The van der Waals surface area contributed by atoms with Crippen molar-refractivity contribution in [3.8, 4) is 0 Å². The lowest BCUT2D eigenvalue weighted by Crippen LogP contribution is -2.29. The SMILES string of the molecule is Cc1ccc(N2N=C(NC(=O)c3cccc([N+](=O)[O-])c3)CC2=O)c(Cl)c1Cl. The van der Waals surface area contributed by atoms with Crippen LogP contribution in [0, 0.1) is 17.0 Å². The molecule has 1 N–H and O–H groups in total. The van der Waals surface area contributed by atoms with Gasteiger partial charge in [0.1, 0.15) is 5.84 Å². The Balaban J connectivity index is 1.83. The first kappa shape index (κ1) is 18.8. The van der Waals surface area contributed by atoms with Crippen LogP contribution in [0.25, 0.3) is 0 Å². The molecule has 0 radical (unpaired) electrons. The van der Waals surface area contributed by atoms with Crippen LogP contribution in [0.5, 0.6) is 0 Å². The van der Waals surface area contributed by atoms with Crippen LogP contribution < -0.4 is 10.3 Å². The van der Waals surface area contributed by atoms with E-state index in [2.05, 4.69) is 10.4 Å². The number of benzene rings is 2. The maximum absolute atomic E-state index is 12.3. The van der Waals surface area contributed by atoms with Crippen LogP contribution in [0.15, 0.2) is 41.5 Å². The third kappa shape index (κ3) is 3.76. The monoisotopic (exact) mass is 406 g/mol. The Morgan fingerprint density at radius 1 is 1.26 bits per heavy atom. The highest BCUT2D eigenvalue weighted by atomic mass is 35.5. The van der Waals surface area contributed by atoms with E-state index in [1.807, 2.05) is 0 Å². The number of amidine groups is 1. The summed E-state index contributed by atoms with van der Waals surface area (Å²) in [6.07, 6.45) is -0.150. The van der Waals surface area contributed by atoms with E-state index in [-0.39, 0.29) is 28.5 Å². The number of carbonyl (C=O) groups excluding carboxylic acids is 2. The number of nitro benzene ring substituents is 1. The molecule has 0 atom stereocenters. The maximum Gasteiger partial charge on any atom is 0.270 e. The molecule has 2 amide bonds. The van der Waals surface area contributed by atoms with Gasteiger partial charge < -0.3 is 5.32 Å². The Kier molecular flexibility index (Phi) is 5.11. The lowest BCUT2D eigenvalue weighted by atomic mass is 10.2. The number of hydrogen-bond donors (Lipinski definition) is 1. The molecule has 0 saturated carbocycles. The van der Waals surface area contributed by atoms with E-state index >= 15 is 0 Å². The van der Waals surface area contributed by atoms with Crippen LogP contribution in [0.1, 0.15) is 22.3 Å². The van der Waals surface area contributed by atoms with Crippen molar-refractivity contribution >= 4 is 52.2 Å². The van der Waals surface area contributed by atoms with Gasteiger partial charge in [-0.05, 0) is 24.6 Å². The van der Waals surface area contributed by atoms with Crippen molar-refractivity contribution in [1.82, 2.24) is 5.32 Å². The summed E-state index contributed by atoms with van der Waals surface area (Å²) in [5, 5.41) is 19.0. The minimum absolute atomic E-state index is 0.0780. The summed E-state index contributed by atoms with van der Waals surface area (Å²) in [6.45, 7) is 1.78. The number of nitrogens with one attached hydrogen (secondary N) is 1. The first-order valence-corrected chi connectivity index (χ1v) is 8.44. The molecule has 1 heterocycles. The molecule has 0 fully saturated rings. The molecule has 0 saturated heterocycles. The van der Waals surface area contributed by atoms with Gasteiger partial charge in [0.15, 0.2) is 0 Å². The first-order valence-electron chi connectivity index (χ1n) is 7.68. The summed E-state index contributed by atoms with van der Waals surface area (Å²) in [5.74, 6) is -0.907. The standard InChI is InChI=1S/C17H12Cl2N4O4/c1-9-5-6-12(16(19)15(9)18)22-14(24)8-13(21-22)20-17(25)10-3-2-4-11(7-10)23(26)27/h2-7H,8H2,1H3,(H,20,21,25). The van der Waals surface area contributed by atoms with Gasteiger partial charge >= 0.3 is 0 Å². The number of nitrogens with zero attached hydrogens (tertiary/aromatic N) is 3. The van der Waals surface area contributed by atoms with Crippen molar-refractivity contribution in [2.45, 2.75) is 13.3 Å². The van der Waals surface area contributed by atoms with Crippen LogP contribution in [0.2, 0.25) is 10.0 Å².